The van der Waals surface area contributed by atoms with Gasteiger partial charge in [-0.1, -0.05) is 40.3 Å². The number of hydrogen-bond acceptors (Lipinski definition) is 4. The van der Waals surface area contributed by atoms with E-state index in [-0.39, 0.29) is 11.7 Å². The average molecular weight is 355 g/mol. The number of aliphatic hydroxyl groups excluding tert-OH is 1. The van der Waals surface area contributed by atoms with Gasteiger partial charge in [0.05, 0.1) is 12.0 Å². The van der Waals surface area contributed by atoms with Crippen LogP contribution >= 0.6 is 15.9 Å². The Labute approximate surface area is 130 Å². The van der Waals surface area contributed by atoms with E-state index < -0.39 is 6.10 Å². The van der Waals surface area contributed by atoms with Crippen molar-refractivity contribution in [2.45, 2.75) is 44.1 Å². The molecular weight excluding hydrogens is 339 g/mol. The fourth-order valence-electron chi connectivity index (χ4n) is 2.76. The predicted octanol–water partition coefficient (Wildman–Crippen LogP) is 4.05. The molecule has 1 aliphatic carbocycles. The monoisotopic (exact) mass is 354 g/mol. The topological polar surface area (TPSA) is 59.2 Å². The highest BCUT2D eigenvalue weighted by Crippen LogP contribution is 2.32. The molecule has 3 rings (SSSR count). The minimum Gasteiger partial charge on any atom is -0.392 e. The molecule has 0 bridgehead atoms. The molecule has 1 aromatic carbocycles. The number of halogens is 2. The molecule has 1 aromatic heterocycles. The summed E-state index contributed by atoms with van der Waals surface area (Å²) >= 11 is 3.25. The first-order valence-corrected chi connectivity index (χ1v) is 7.91. The molecule has 0 radical (unpaired) electrons. The van der Waals surface area contributed by atoms with Gasteiger partial charge in [0, 0.05) is 10.0 Å². The Morgan fingerprint density at radius 3 is 2.81 bits per heavy atom. The van der Waals surface area contributed by atoms with E-state index in [4.69, 9.17) is 4.52 Å². The van der Waals surface area contributed by atoms with Crippen molar-refractivity contribution in [3.05, 3.63) is 34.4 Å². The summed E-state index contributed by atoms with van der Waals surface area (Å²) in [6, 6.07) is 4.48. The SMILES string of the molecule is OC1CCCCCC1c1nc(-c2cc(F)cc(Br)c2)no1. The lowest BCUT2D eigenvalue weighted by Gasteiger charge is -2.15. The van der Waals surface area contributed by atoms with Gasteiger partial charge in [0.15, 0.2) is 0 Å². The molecule has 1 saturated carbocycles. The molecule has 1 aliphatic rings. The first kappa shape index (κ1) is 14.7. The standard InChI is InChI=1S/C15H16BrFN2O2/c16-10-6-9(7-11(17)8-10)14-18-15(21-19-14)12-4-2-1-3-5-13(12)20/h6-8,12-13,20H,1-5H2. The summed E-state index contributed by atoms with van der Waals surface area (Å²) in [4.78, 5) is 4.35. The van der Waals surface area contributed by atoms with Crippen LogP contribution in [-0.4, -0.2) is 21.4 Å². The van der Waals surface area contributed by atoms with Crippen LogP contribution in [0.5, 0.6) is 0 Å². The van der Waals surface area contributed by atoms with Crippen molar-refractivity contribution in [3.63, 3.8) is 0 Å². The van der Waals surface area contributed by atoms with Gasteiger partial charge in [-0.2, -0.15) is 4.98 Å². The van der Waals surface area contributed by atoms with E-state index in [1.807, 2.05) is 0 Å². The lowest BCUT2D eigenvalue weighted by Crippen LogP contribution is -2.17. The molecule has 2 aromatic rings. The van der Waals surface area contributed by atoms with Crippen LogP contribution in [0.2, 0.25) is 0 Å². The van der Waals surface area contributed by atoms with Crippen LogP contribution in [0.25, 0.3) is 11.4 Å². The van der Waals surface area contributed by atoms with Crippen LogP contribution in [-0.2, 0) is 0 Å². The Bertz CT molecular complexity index is 612. The van der Waals surface area contributed by atoms with Crippen LogP contribution in [0, 0.1) is 5.82 Å². The lowest BCUT2D eigenvalue weighted by molar-refractivity contribution is 0.119. The van der Waals surface area contributed by atoms with Crippen LogP contribution in [0.15, 0.2) is 27.2 Å². The summed E-state index contributed by atoms with van der Waals surface area (Å²) in [6.45, 7) is 0. The summed E-state index contributed by atoms with van der Waals surface area (Å²) in [5, 5.41) is 14.1. The third-order valence-electron chi connectivity index (χ3n) is 3.86. The zero-order chi connectivity index (χ0) is 14.8. The number of aliphatic hydroxyl groups is 1. The van der Waals surface area contributed by atoms with Crippen molar-refractivity contribution >= 4 is 15.9 Å². The van der Waals surface area contributed by atoms with E-state index in [0.29, 0.717) is 21.8 Å². The molecule has 0 amide bonds. The first-order chi connectivity index (χ1) is 10.1. The maximum atomic E-state index is 13.4. The second kappa shape index (κ2) is 6.23. The number of benzene rings is 1. The zero-order valence-electron chi connectivity index (χ0n) is 11.4. The smallest absolute Gasteiger partial charge is 0.232 e. The fourth-order valence-corrected chi connectivity index (χ4v) is 3.23. The highest BCUT2D eigenvalue weighted by Gasteiger charge is 2.28. The molecule has 0 spiro atoms. The zero-order valence-corrected chi connectivity index (χ0v) is 13.0. The normalized spacial score (nSPS) is 23.0. The second-order valence-electron chi connectivity index (χ2n) is 5.43. The maximum absolute atomic E-state index is 13.4. The minimum absolute atomic E-state index is 0.120. The van der Waals surface area contributed by atoms with Gasteiger partial charge in [-0.05, 0) is 31.0 Å². The summed E-state index contributed by atoms with van der Waals surface area (Å²) in [7, 11) is 0. The Morgan fingerprint density at radius 2 is 2.00 bits per heavy atom. The number of aromatic nitrogens is 2. The summed E-state index contributed by atoms with van der Waals surface area (Å²) < 4.78 is 19.4. The van der Waals surface area contributed by atoms with Gasteiger partial charge < -0.3 is 9.63 Å². The Morgan fingerprint density at radius 1 is 1.19 bits per heavy atom. The van der Waals surface area contributed by atoms with E-state index in [2.05, 4.69) is 26.1 Å². The quantitative estimate of drug-likeness (QED) is 0.826. The van der Waals surface area contributed by atoms with E-state index in [0.717, 1.165) is 32.1 Å². The number of rotatable bonds is 2. The lowest BCUT2D eigenvalue weighted by atomic mass is 9.97. The van der Waals surface area contributed by atoms with Crippen LogP contribution in [0.3, 0.4) is 0 Å². The molecule has 1 fully saturated rings. The van der Waals surface area contributed by atoms with Gasteiger partial charge in [-0.15, -0.1) is 0 Å². The Balaban J connectivity index is 1.88. The molecule has 112 valence electrons. The van der Waals surface area contributed by atoms with Crippen LogP contribution in [0.1, 0.15) is 43.9 Å². The van der Waals surface area contributed by atoms with Crippen molar-refractivity contribution in [3.8, 4) is 11.4 Å². The van der Waals surface area contributed by atoms with Crippen molar-refractivity contribution < 1.29 is 14.0 Å². The molecule has 1 heterocycles. The molecule has 6 heteroatoms. The van der Waals surface area contributed by atoms with Crippen molar-refractivity contribution in [1.29, 1.82) is 0 Å². The van der Waals surface area contributed by atoms with Crippen molar-refractivity contribution in [2.75, 3.05) is 0 Å². The second-order valence-corrected chi connectivity index (χ2v) is 6.34. The maximum Gasteiger partial charge on any atom is 0.232 e. The number of hydrogen-bond donors (Lipinski definition) is 1. The van der Waals surface area contributed by atoms with Gasteiger partial charge in [0.1, 0.15) is 5.82 Å². The molecule has 2 atom stereocenters. The van der Waals surface area contributed by atoms with Gasteiger partial charge in [0.2, 0.25) is 11.7 Å². The van der Waals surface area contributed by atoms with Crippen molar-refractivity contribution in [1.82, 2.24) is 10.1 Å². The number of nitrogens with zero attached hydrogens (tertiary/aromatic N) is 2. The minimum atomic E-state index is -0.444. The van der Waals surface area contributed by atoms with Gasteiger partial charge in [0.25, 0.3) is 0 Å². The van der Waals surface area contributed by atoms with Crippen molar-refractivity contribution in [2.24, 2.45) is 0 Å². The third kappa shape index (κ3) is 3.32. The Kier molecular flexibility index (Phi) is 4.35. The fraction of sp³-hybridized carbons (Fsp3) is 0.467. The molecule has 21 heavy (non-hydrogen) atoms. The van der Waals surface area contributed by atoms with E-state index >= 15 is 0 Å². The molecule has 0 saturated heterocycles. The Hall–Kier alpha value is -1.27. The highest BCUT2D eigenvalue weighted by molar-refractivity contribution is 9.10. The molecular formula is C15H16BrFN2O2. The van der Waals surface area contributed by atoms with Gasteiger partial charge >= 0.3 is 0 Å². The molecule has 4 nitrogen and oxygen atoms in total. The predicted molar refractivity (Wildman–Crippen MR) is 79.2 cm³/mol. The molecule has 2 unspecified atom stereocenters. The van der Waals surface area contributed by atoms with Gasteiger partial charge in [-0.25, -0.2) is 4.39 Å². The molecule has 0 aliphatic heterocycles. The summed E-state index contributed by atoms with van der Waals surface area (Å²) in [6.07, 6.45) is 4.34. The summed E-state index contributed by atoms with van der Waals surface area (Å²) in [5.74, 6) is 0.312. The van der Waals surface area contributed by atoms with Crippen LogP contribution in [0.4, 0.5) is 4.39 Å². The van der Waals surface area contributed by atoms with Crippen LogP contribution < -0.4 is 0 Å². The third-order valence-corrected chi connectivity index (χ3v) is 4.32. The van der Waals surface area contributed by atoms with E-state index in [9.17, 15) is 9.50 Å². The first-order valence-electron chi connectivity index (χ1n) is 7.11. The summed E-state index contributed by atoms with van der Waals surface area (Å²) in [5.41, 5.74) is 0.556. The van der Waals surface area contributed by atoms with Gasteiger partial charge in [-0.3, -0.25) is 0 Å². The molecule has 1 N–H and O–H groups in total. The van der Waals surface area contributed by atoms with E-state index in [1.165, 1.54) is 12.1 Å². The van der Waals surface area contributed by atoms with E-state index in [1.54, 1.807) is 6.07 Å². The highest BCUT2D eigenvalue weighted by atomic mass is 79.9. The largest absolute Gasteiger partial charge is 0.392 e. The average Bonchev–Trinajstić information content (AvgIpc) is 2.81.